The predicted molar refractivity (Wildman–Crippen MR) is 101 cm³/mol. The van der Waals surface area contributed by atoms with E-state index in [1.165, 1.54) is 14.0 Å². The second kappa shape index (κ2) is 10.7. The molecule has 0 aliphatic heterocycles. The molecule has 0 radical (unpaired) electrons. The van der Waals surface area contributed by atoms with Crippen molar-refractivity contribution >= 4 is 19.9 Å². The molecule has 1 aliphatic rings. The second-order valence-electron chi connectivity index (χ2n) is 6.56. The van der Waals surface area contributed by atoms with Crippen molar-refractivity contribution in [1.82, 2.24) is 5.32 Å². The Morgan fingerprint density at radius 3 is 2.45 bits per heavy atom. The number of benzene rings is 1. The number of amides is 1. The largest absolute Gasteiger partial charge is 0.508 e. The summed E-state index contributed by atoms with van der Waals surface area (Å²) in [6.45, 7) is 1.24. The van der Waals surface area contributed by atoms with E-state index in [2.05, 4.69) is 9.84 Å². The van der Waals surface area contributed by atoms with E-state index in [1.807, 2.05) is 18.2 Å². The topological polar surface area (TPSA) is 130 Å². The molecule has 1 saturated carbocycles. The van der Waals surface area contributed by atoms with Crippen LogP contribution < -0.4 is 5.32 Å². The molecular weight excluding hydrogens is 405 g/mol. The number of methoxy groups -OCH3 is 1. The fourth-order valence-corrected chi connectivity index (χ4v) is 3.92. The summed E-state index contributed by atoms with van der Waals surface area (Å²) in [6, 6.07) is 8.60. The van der Waals surface area contributed by atoms with Crippen LogP contribution in [0.1, 0.15) is 18.9 Å². The molecule has 29 heavy (non-hydrogen) atoms. The molecule has 2 unspecified atom stereocenters. The summed E-state index contributed by atoms with van der Waals surface area (Å²) in [7, 11) is -1.91. The molecule has 0 spiro atoms. The Balaban J connectivity index is 1.99. The summed E-state index contributed by atoms with van der Waals surface area (Å²) in [4.78, 5) is 33.1. The van der Waals surface area contributed by atoms with Gasteiger partial charge in [0, 0.05) is 27.1 Å². The maximum atomic E-state index is 11.9. The summed E-state index contributed by atoms with van der Waals surface area (Å²) < 4.78 is 37.2. The quantitative estimate of drug-likeness (QED) is 0.445. The van der Waals surface area contributed by atoms with Gasteiger partial charge in [0.25, 0.3) is 0 Å². The first-order chi connectivity index (χ1) is 13.8. The zero-order valence-electron chi connectivity index (χ0n) is 16.5. The number of carbonyl (C=O) groups is 2. The van der Waals surface area contributed by atoms with E-state index in [1.54, 1.807) is 12.1 Å². The average Bonchev–Trinajstić information content (AvgIpc) is 3.00. The maximum absolute atomic E-state index is 11.9. The van der Waals surface area contributed by atoms with Gasteiger partial charge in [0.1, 0.15) is 25.4 Å². The third-order valence-electron chi connectivity index (χ3n) is 4.50. The van der Waals surface area contributed by atoms with Crippen LogP contribution in [-0.2, 0) is 39.2 Å². The first kappa shape index (κ1) is 23.3. The van der Waals surface area contributed by atoms with Crippen molar-refractivity contribution in [3.8, 4) is 0 Å². The molecule has 10 nitrogen and oxygen atoms in total. The Morgan fingerprint density at radius 2 is 1.86 bits per heavy atom. The molecule has 1 aromatic rings. The lowest BCUT2D eigenvalue weighted by Gasteiger charge is -2.26. The minimum atomic E-state index is -4.34. The van der Waals surface area contributed by atoms with Crippen LogP contribution in [0, 0.1) is 5.92 Å². The van der Waals surface area contributed by atoms with Crippen LogP contribution in [0.25, 0.3) is 0 Å². The van der Waals surface area contributed by atoms with Crippen LogP contribution in [0.2, 0.25) is 0 Å². The van der Waals surface area contributed by atoms with E-state index in [0.717, 1.165) is 12.7 Å². The fraction of sp³-hybridized carbons (Fsp3) is 0.556. The van der Waals surface area contributed by atoms with Crippen LogP contribution in [-0.4, -0.2) is 56.0 Å². The molecule has 1 aliphatic carbocycles. The van der Waals surface area contributed by atoms with Gasteiger partial charge < -0.3 is 24.4 Å². The molecule has 11 heteroatoms. The lowest BCUT2D eigenvalue weighted by atomic mass is 10.1. The maximum Gasteiger partial charge on any atom is 0.508 e. The van der Waals surface area contributed by atoms with Crippen molar-refractivity contribution in [1.29, 1.82) is 0 Å². The van der Waals surface area contributed by atoms with E-state index in [4.69, 9.17) is 18.7 Å². The highest BCUT2D eigenvalue weighted by Gasteiger charge is 2.48. The SMILES string of the molecule is CO[C@H]1C(OP(=O)(O)OC)[C@@H](COC(=O)OCc2ccccc2)C[C@H]1NC(C)=O. The normalized spacial score (nSPS) is 25.8. The van der Waals surface area contributed by atoms with Crippen LogP contribution in [0.3, 0.4) is 0 Å². The zero-order valence-corrected chi connectivity index (χ0v) is 17.4. The van der Waals surface area contributed by atoms with Crippen molar-refractivity contribution in [2.24, 2.45) is 5.92 Å². The Morgan fingerprint density at radius 1 is 1.17 bits per heavy atom. The Hall–Kier alpha value is -1.97. The van der Waals surface area contributed by atoms with E-state index in [-0.39, 0.29) is 19.1 Å². The Labute approximate surface area is 169 Å². The van der Waals surface area contributed by atoms with Crippen LogP contribution in [0.4, 0.5) is 4.79 Å². The number of carbonyl (C=O) groups excluding carboxylic acids is 2. The standard InChI is InChI=1S/C18H26NO9P/c1-12(20)19-15-9-14(16(17(15)24-2)28-29(22,23)25-3)11-27-18(21)26-10-13-7-5-4-6-8-13/h4-8,14-17H,9-11H2,1-3H3,(H,19,20)(H,22,23)/t14-,15-,16?,17-/m1/s1. The molecule has 1 aromatic carbocycles. The smallest absolute Gasteiger partial charge is 0.434 e. The predicted octanol–water partition coefficient (Wildman–Crippen LogP) is 2.01. The van der Waals surface area contributed by atoms with Gasteiger partial charge in [-0.2, -0.15) is 0 Å². The summed E-state index contributed by atoms with van der Waals surface area (Å²) in [5.41, 5.74) is 0.804. The summed E-state index contributed by atoms with van der Waals surface area (Å²) in [5.74, 6) is -0.824. The molecule has 2 rings (SSSR count). The van der Waals surface area contributed by atoms with Crippen molar-refractivity contribution in [2.75, 3.05) is 20.8 Å². The number of hydrogen-bond donors (Lipinski definition) is 2. The average molecular weight is 431 g/mol. The number of hydrogen-bond acceptors (Lipinski definition) is 8. The van der Waals surface area contributed by atoms with Crippen LogP contribution in [0.5, 0.6) is 0 Å². The van der Waals surface area contributed by atoms with Crippen molar-refractivity contribution in [3.63, 3.8) is 0 Å². The van der Waals surface area contributed by atoms with Gasteiger partial charge in [-0.15, -0.1) is 0 Å². The molecule has 5 atom stereocenters. The van der Waals surface area contributed by atoms with Gasteiger partial charge in [0.15, 0.2) is 0 Å². The van der Waals surface area contributed by atoms with Crippen molar-refractivity contribution in [2.45, 2.75) is 38.2 Å². The number of nitrogens with one attached hydrogen (secondary N) is 1. The molecule has 1 amide bonds. The molecule has 0 heterocycles. The highest BCUT2D eigenvalue weighted by molar-refractivity contribution is 7.47. The third kappa shape index (κ3) is 7.09. The number of rotatable bonds is 9. The lowest BCUT2D eigenvalue weighted by molar-refractivity contribution is -0.120. The van der Waals surface area contributed by atoms with Gasteiger partial charge in [0.05, 0.1) is 6.04 Å². The van der Waals surface area contributed by atoms with Gasteiger partial charge in [-0.05, 0) is 12.0 Å². The van der Waals surface area contributed by atoms with E-state index in [9.17, 15) is 19.0 Å². The number of phosphoric ester groups is 1. The zero-order chi connectivity index (χ0) is 21.4. The minimum Gasteiger partial charge on any atom is -0.434 e. The lowest BCUT2D eigenvalue weighted by Crippen LogP contribution is -2.44. The van der Waals surface area contributed by atoms with Gasteiger partial charge in [-0.1, -0.05) is 30.3 Å². The molecule has 1 fully saturated rings. The minimum absolute atomic E-state index is 0.0506. The molecular formula is C18H26NO9P. The molecule has 2 N–H and O–H groups in total. The fourth-order valence-electron chi connectivity index (χ4n) is 3.23. The van der Waals surface area contributed by atoms with E-state index in [0.29, 0.717) is 6.42 Å². The van der Waals surface area contributed by atoms with E-state index < -0.39 is 38.1 Å². The number of phosphoric acid groups is 1. The Kier molecular flexibility index (Phi) is 8.60. The highest BCUT2D eigenvalue weighted by Crippen LogP contribution is 2.48. The molecule has 0 aromatic heterocycles. The highest BCUT2D eigenvalue weighted by atomic mass is 31.2. The van der Waals surface area contributed by atoms with E-state index >= 15 is 0 Å². The summed E-state index contributed by atoms with van der Waals surface area (Å²) >= 11 is 0. The van der Waals surface area contributed by atoms with Crippen molar-refractivity contribution < 1.29 is 42.3 Å². The third-order valence-corrected chi connectivity index (χ3v) is 5.47. The monoisotopic (exact) mass is 431 g/mol. The van der Waals surface area contributed by atoms with Crippen LogP contribution >= 0.6 is 7.82 Å². The molecule has 0 bridgehead atoms. The molecule has 162 valence electrons. The number of ether oxygens (including phenoxy) is 3. The first-order valence-electron chi connectivity index (χ1n) is 8.96. The van der Waals surface area contributed by atoms with Gasteiger partial charge >= 0.3 is 14.0 Å². The van der Waals surface area contributed by atoms with Crippen LogP contribution in [0.15, 0.2) is 30.3 Å². The van der Waals surface area contributed by atoms with Gasteiger partial charge in [0.2, 0.25) is 5.91 Å². The first-order valence-corrected chi connectivity index (χ1v) is 10.5. The molecule has 0 saturated heterocycles. The van der Waals surface area contributed by atoms with Crippen molar-refractivity contribution in [3.05, 3.63) is 35.9 Å². The second-order valence-corrected chi connectivity index (χ2v) is 8.07. The van der Waals surface area contributed by atoms with Gasteiger partial charge in [-0.3, -0.25) is 13.8 Å². The summed E-state index contributed by atoms with van der Waals surface area (Å²) in [6.07, 6.45) is -2.26. The van der Waals surface area contributed by atoms with Gasteiger partial charge in [-0.25, -0.2) is 9.36 Å². The summed E-state index contributed by atoms with van der Waals surface area (Å²) in [5, 5.41) is 2.71. The Bertz CT molecular complexity index is 729.